The molecular formula is C15H20N2O6. The number of amides is 1. The van der Waals surface area contributed by atoms with Crippen LogP contribution in [0.4, 0.5) is 4.79 Å². The van der Waals surface area contributed by atoms with E-state index >= 15 is 0 Å². The van der Waals surface area contributed by atoms with Crippen LogP contribution >= 0.6 is 0 Å². The molecule has 0 atom stereocenters. The highest BCUT2D eigenvalue weighted by molar-refractivity contribution is 5.88. The second kappa shape index (κ2) is 8.72. The molecule has 0 radical (unpaired) electrons. The van der Waals surface area contributed by atoms with E-state index in [9.17, 15) is 14.4 Å². The standard InChI is InChI=1S/C15H20N2O6/c1-15(2,3)23-14(20)17-8-6-12(18)21-10-22-13(19)11-5-4-7-16-9-11/h4-5,7,9H,6,8,10H2,1-3H3,(H,17,20). The third kappa shape index (κ3) is 8.40. The van der Waals surface area contributed by atoms with E-state index in [2.05, 4.69) is 10.3 Å². The summed E-state index contributed by atoms with van der Waals surface area (Å²) in [6.07, 6.45) is 2.18. The van der Waals surface area contributed by atoms with Crippen molar-refractivity contribution in [2.45, 2.75) is 32.8 Å². The third-order valence-corrected chi connectivity index (χ3v) is 2.30. The minimum Gasteiger partial charge on any atom is -0.444 e. The Labute approximate surface area is 134 Å². The van der Waals surface area contributed by atoms with Crippen LogP contribution in [0.15, 0.2) is 24.5 Å². The van der Waals surface area contributed by atoms with E-state index in [1.165, 1.54) is 18.5 Å². The number of alkyl carbamates (subject to hydrolysis) is 1. The van der Waals surface area contributed by atoms with Crippen LogP contribution in [0.1, 0.15) is 37.6 Å². The molecule has 0 saturated carbocycles. The van der Waals surface area contributed by atoms with Crippen molar-refractivity contribution < 1.29 is 28.6 Å². The van der Waals surface area contributed by atoms with Crippen LogP contribution in [-0.4, -0.2) is 42.0 Å². The summed E-state index contributed by atoms with van der Waals surface area (Å²) in [7, 11) is 0. The van der Waals surface area contributed by atoms with Gasteiger partial charge >= 0.3 is 18.0 Å². The largest absolute Gasteiger partial charge is 0.444 e. The van der Waals surface area contributed by atoms with E-state index < -0.39 is 30.4 Å². The van der Waals surface area contributed by atoms with Crippen molar-refractivity contribution in [2.24, 2.45) is 0 Å². The number of nitrogens with one attached hydrogen (secondary N) is 1. The fourth-order valence-corrected chi connectivity index (χ4v) is 1.37. The molecule has 1 N–H and O–H groups in total. The fraction of sp³-hybridized carbons (Fsp3) is 0.467. The van der Waals surface area contributed by atoms with Crippen molar-refractivity contribution in [3.05, 3.63) is 30.1 Å². The number of hydrogen-bond donors (Lipinski definition) is 1. The summed E-state index contributed by atoms with van der Waals surface area (Å²) in [6, 6.07) is 3.12. The zero-order valence-electron chi connectivity index (χ0n) is 13.3. The summed E-state index contributed by atoms with van der Waals surface area (Å²) in [5.41, 5.74) is -0.347. The van der Waals surface area contributed by atoms with E-state index in [0.717, 1.165) is 0 Å². The number of pyridine rings is 1. The Morgan fingerprint density at radius 3 is 2.57 bits per heavy atom. The smallest absolute Gasteiger partial charge is 0.407 e. The van der Waals surface area contributed by atoms with Crippen LogP contribution in [0.5, 0.6) is 0 Å². The van der Waals surface area contributed by atoms with Crippen molar-refractivity contribution in [1.82, 2.24) is 10.3 Å². The van der Waals surface area contributed by atoms with Gasteiger partial charge in [0, 0.05) is 18.9 Å². The summed E-state index contributed by atoms with van der Waals surface area (Å²) in [4.78, 5) is 38.1. The SMILES string of the molecule is CC(C)(C)OC(=O)NCCC(=O)OCOC(=O)c1cccnc1. The third-order valence-electron chi connectivity index (χ3n) is 2.30. The van der Waals surface area contributed by atoms with Crippen molar-refractivity contribution in [2.75, 3.05) is 13.3 Å². The molecule has 0 aliphatic rings. The Bertz CT molecular complexity index is 539. The average Bonchev–Trinajstić information content (AvgIpc) is 2.46. The summed E-state index contributed by atoms with van der Waals surface area (Å²) in [5, 5.41) is 2.42. The van der Waals surface area contributed by atoms with Crippen molar-refractivity contribution in [1.29, 1.82) is 0 Å². The predicted octanol–water partition coefficient (Wildman–Crippen LogP) is 1.65. The minimum absolute atomic E-state index is 0.0598. The maximum atomic E-state index is 11.5. The van der Waals surface area contributed by atoms with Crippen molar-refractivity contribution >= 4 is 18.0 Å². The number of carbonyl (C=O) groups excluding carboxylic acids is 3. The van der Waals surface area contributed by atoms with Gasteiger partial charge < -0.3 is 19.5 Å². The molecule has 1 aromatic heterocycles. The van der Waals surface area contributed by atoms with Gasteiger partial charge in [0.05, 0.1) is 12.0 Å². The molecule has 0 saturated heterocycles. The molecule has 1 amide bonds. The number of rotatable bonds is 6. The molecule has 0 aromatic carbocycles. The number of hydrogen-bond acceptors (Lipinski definition) is 7. The zero-order chi connectivity index (χ0) is 17.3. The van der Waals surface area contributed by atoms with Gasteiger partial charge in [-0.2, -0.15) is 0 Å². The van der Waals surface area contributed by atoms with Gasteiger partial charge in [0.15, 0.2) is 0 Å². The second-order valence-corrected chi connectivity index (χ2v) is 5.49. The maximum absolute atomic E-state index is 11.5. The molecule has 0 spiro atoms. The second-order valence-electron chi connectivity index (χ2n) is 5.49. The molecule has 23 heavy (non-hydrogen) atoms. The highest BCUT2D eigenvalue weighted by Crippen LogP contribution is 2.06. The maximum Gasteiger partial charge on any atom is 0.407 e. The predicted molar refractivity (Wildman–Crippen MR) is 79.5 cm³/mol. The van der Waals surface area contributed by atoms with Crippen LogP contribution in [0.3, 0.4) is 0 Å². The van der Waals surface area contributed by atoms with Gasteiger partial charge in [-0.3, -0.25) is 9.78 Å². The van der Waals surface area contributed by atoms with Crippen LogP contribution in [0.25, 0.3) is 0 Å². The van der Waals surface area contributed by atoms with E-state index in [1.807, 2.05) is 0 Å². The fourth-order valence-electron chi connectivity index (χ4n) is 1.37. The molecule has 1 rings (SSSR count). The van der Waals surface area contributed by atoms with Crippen LogP contribution in [0.2, 0.25) is 0 Å². The normalized spacial score (nSPS) is 10.6. The number of aromatic nitrogens is 1. The van der Waals surface area contributed by atoms with Gasteiger partial charge in [0.1, 0.15) is 5.60 Å². The van der Waals surface area contributed by atoms with Gasteiger partial charge in [-0.15, -0.1) is 0 Å². The quantitative estimate of drug-likeness (QED) is 0.626. The molecule has 0 unspecified atom stereocenters. The van der Waals surface area contributed by atoms with Crippen LogP contribution in [-0.2, 0) is 19.0 Å². The van der Waals surface area contributed by atoms with E-state index in [0.29, 0.717) is 0 Å². The van der Waals surface area contributed by atoms with Gasteiger partial charge in [-0.25, -0.2) is 9.59 Å². The lowest BCUT2D eigenvalue weighted by atomic mass is 10.2. The van der Waals surface area contributed by atoms with Crippen molar-refractivity contribution in [3.8, 4) is 0 Å². The Kier molecular flexibility index (Phi) is 6.98. The molecule has 0 aliphatic carbocycles. The van der Waals surface area contributed by atoms with E-state index in [4.69, 9.17) is 14.2 Å². The van der Waals surface area contributed by atoms with E-state index in [-0.39, 0.29) is 18.5 Å². The highest BCUT2D eigenvalue weighted by Gasteiger charge is 2.16. The Hall–Kier alpha value is -2.64. The van der Waals surface area contributed by atoms with Gasteiger partial charge in [0.25, 0.3) is 0 Å². The van der Waals surface area contributed by atoms with E-state index in [1.54, 1.807) is 26.8 Å². The lowest BCUT2D eigenvalue weighted by Gasteiger charge is -2.19. The number of esters is 2. The summed E-state index contributed by atoms with van der Waals surface area (Å²) in [6.45, 7) is 4.76. The number of nitrogens with zero attached hydrogens (tertiary/aromatic N) is 1. The summed E-state index contributed by atoms with van der Waals surface area (Å²) in [5.74, 6) is -1.25. The molecule has 0 aliphatic heterocycles. The first kappa shape index (κ1) is 18.4. The highest BCUT2D eigenvalue weighted by atomic mass is 16.7. The van der Waals surface area contributed by atoms with Gasteiger partial charge in [-0.05, 0) is 32.9 Å². The first-order valence-electron chi connectivity index (χ1n) is 6.97. The zero-order valence-corrected chi connectivity index (χ0v) is 13.3. The Morgan fingerprint density at radius 1 is 1.22 bits per heavy atom. The molecule has 1 aromatic rings. The topological polar surface area (TPSA) is 104 Å². The molecule has 0 fully saturated rings. The van der Waals surface area contributed by atoms with Gasteiger partial charge in [-0.1, -0.05) is 0 Å². The minimum atomic E-state index is -0.641. The lowest BCUT2D eigenvalue weighted by molar-refractivity contribution is -0.151. The first-order chi connectivity index (χ1) is 10.8. The summed E-state index contributed by atoms with van der Waals surface area (Å²) >= 11 is 0. The summed E-state index contributed by atoms with van der Waals surface area (Å²) < 4.78 is 14.5. The van der Waals surface area contributed by atoms with Gasteiger partial charge in [0.2, 0.25) is 6.79 Å². The van der Waals surface area contributed by atoms with Crippen molar-refractivity contribution in [3.63, 3.8) is 0 Å². The van der Waals surface area contributed by atoms with Crippen LogP contribution < -0.4 is 5.32 Å². The molecule has 8 nitrogen and oxygen atoms in total. The first-order valence-corrected chi connectivity index (χ1v) is 6.97. The van der Waals surface area contributed by atoms with Crippen LogP contribution in [0, 0.1) is 0 Å². The Morgan fingerprint density at radius 2 is 1.96 bits per heavy atom. The Balaban J connectivity index is 2.15. The number of ether oxygens (including phenoxy) is 3. The molecule has 1 heterocycles. The lowest BCUT2D eigenvalue weighted by Crippen LogP contribution is -2.33. The molecule has 0 bridgehead atoms. The monoisotopic (exact) mass is 324 g/mol. The molecule has 126 valence electrons. The molecular weight excluding hydrogens is 304 g/mol. The molecule has 8 heteroatoms. The number of carbonyl (C=O) groups is 3. The average molecular weight is 324 g/mol.